The second-order valence-electron chi connectivity index (χ2n) is 6.24. The second-order valence-corrected chi connectivity index (χ2v) is 6.24. The van der Waals surface area contributed by atoms with E-state index in [2.05, 4.69) is 19.1 Å². The van der Waals surface area contributed by atoms with Gasteiger partial charge in [-0.25, -0.2) is 0 Å². The summed E-state index contributed by atoms with van der Waals surface area (Å²) in [5.74, 6) is -0.832. The third-order valence-corrected chi connectivity index (χ3v) is 4.18. The Morgan fingerprint density at radius 2 is 1.61 bits per heavy atom. The predicted octanol–water partition coefficient (Wildman–Crippen LogP) is 4.83. The number of hydrogen-bond donors (Lipinski definition) is 0. The molecule has 3 heteroatoms. The summed E-state index contributed by atoms with van der Waals surface area (Å²) in [6.45, 7) is 3.73. The van der Waals surface area contributed by atoms with Crippen molar-refractivity contribution in [3.05, 3.63) is 35.4 Å². The van der Waals surface area contributed by atoms with Gasteiger partial charge in [-0.3, -0.25) is 9.59 Å². The van der Waals surface area contributed by atoms with Gasteiger partial charge in [0, 0.05) is 6.42 Å². The molecule has 23 heavy (non-hydrogen) atoms. The first-order chi connectivity index (χ1) is 11.1. The number of esters is 1. The van der Waals surface area contributed by atoms with Gasteiger partial charge in [-0.15, -0.1) is 0 Å². The van der Waals surface area contributed by atoms with Crippen LogP contribution in [0.5, 0.6) is 0 Å². The van der Waals surface area contributed by atoms with Crippen molar-refractivity contribution in [3.63, 3.8) is 0 Å². The first-order valence-electron chi connectivity index (χ1n) is 8.74. The summed E-state index contributed by atoms with van der Waals surface area (Å²) in [5, 5.41) is 0. The summed E-state index contributed by atoms with van der Waals surface area (Å²) in [7, 11) is 1.36. The zero-order valence-electron chi connectivity index (χ0n) is 14.8. The monoisotopic (exact) mass is 318 g/mol. The summed E-state index contributed by atoms with van der Waals surface area (Å²) in [5.41, 5.74) is 2.15. The van der Waals surface area contributed by atoms with Crippen molar-refractivity contribution in [3.8, 4) is 0 Å². The average Bonchev–Trinajstić information content (AvgIpc) is 2.55. The van der Waals surface area contributed by atoms with Gasteiger partial charge in [0.15, 0.2) is 0 Å². The van der Waals surface area contributed by atoms with E-state index in [1.165, 1.54) is 58.1 Å². The number of Topliss-reactive ketones (excluding diaryl/α,β-unsaturated/α-hetero) is 1. The van der Waals surface area contributed by atoms with Crippen LogP contribution in [0.3, 0.4) is 0 Å². The Balaban J connectivity index is 2.53. The lowest BCUT2D eigenvalue weighted by molar-refractivity contribution is -0.143. The first-order valence-corrected chi connectivity index (χ1v) is 8.74. The van der Waals surface area contributed by atoms with Gasteiger partial charge in [0.2, 0.25) is 0 Å². The van der Waals surface area contributed by atoms with E-state index in [1.807, 2.05) is 12.1 Å². The number of carbonyl (C=O) groups excluding carboxylic acids is 2. The van der Waals surface area contributed by atoms with Crippen molar-refractivity contribution in [1.29, 1.82) is 0 Å². The fourth-order valence-corrected chi connectivity index (χ4v) is 2.79. The quantitative estimate of drug-likeness (QED) is 0.434. The van der Waals surface area contributed by atoms with Crippen LogP contribution in [-0.2, 0) is 20.7 Å². The lowest BCUT2D eigenvalue weighted by atomic mass is 9.92. The largest absolute Gasteiger partial charge is 0.469 e. The minimum Gasteiger partial charge on any atom is -0.469 e. The Morgan fingerprint density at radius 1 is 1.00 bits per heavy atom. The van der Waals surface area contributed by atoms with E-state index in [0.717, 1.165) is 12.0 Å². The number of carbonyl (C=O) groups is 2. The maximum Gasteiger partial charge on any atom is 0.313 e. The smallest absolute Gasteiger partial charge is 0.313 e. The highest BCUT2D eigenvalue weighted by Gasteiger charge is 2.22. The molecule has 0 radical (unpaired) electrons. The third kappa shape index (κ3) is 7.45. The molecule has 0 aliphatic heterocycles. The summed E-state index contributed by atoms with van der Waals surface area (Å²) in [6, 6.07) is 8.04. The van der Waals surface area contributed by atoms with Gasteiger partial charge in [-0.1, -0.05) is 63.3 Å². The highest BCUT2D eigenvalue weighted by molar-refractivity contribution is 5.86. The van der Waals surface area contributed by atoms with E-state index in [4.69, 9.17) is 4.74 Å². The fourth-order valence-electron chi connectivity index (χ4n) is 2.79. The zero-order valence-corrected chi connectivity index (χ0v) is 14.8. The highest BCUT2D eigenvalue weighted by Crippen LogP contribution is 2.22. The number of methoxy groups -OCH3 is 1. The molecule has 1 atom stereocenters. The van der Waals surface area contributed by atoms with Gasteiger partial charge >= 0.3 is 5.97 Å². The highest BCUT2D eigenvalue weighted by atomic mass is 16.5. The summed E-state index contributed by atoms with van der Waals surface area (Å²) in [4.78, 5) is 23.2. The Labute approximate surface area is 140 Å². The van der Waals surface area contributed by atoms with Gasteiger partial charge in [0.05, 0.1) is 13.0 Å². The molecule has 128 valence electrons. The van der Waals surface area contributed by atoms with Crippen LogP contribution in [0.1, 0.15) is 75.8 Å². The van der Waals surface area contributed by atoms with Crippen molar-refractivity contribution in [2.45, 2.75) is 71.1 Å². The lowest BCUT2D eigenvalue weighted by Gasteiger charge is -2.14. The second kappa shape index (κ2) is 11.0. The molecule has 0 saturated heterocycles. The molecule has 1 aromatic rings. The summed E-state index contributed by atoms with van der Waals surface area (Å²) in [6.07, 6.45) is 9.01. The van der Waals surface area contributed by atoms with Crippen molar-refractivity contribution < 1.29 is 14.3 Å². The van der Waals surface area contributed by atoms with Gasteiger partial charge in [-0.05, 0) is 30.9 Å². The number of ketones is 1. The molecule has 0 heterocycles. The molecule has 1 unspecified atom stereocenters. The number of benzene rings is 1. The van der Waals surface area contributed by atoms with E-state index in [1.54, 1.807) is 0 Å². The molecule has 1 rings (SSSR count). The molecule has 1 aromatic carbocycles. The van der Waals surface area contributed by atoms with Crippen molar-refractivity contribution in [2.75, 3.05) is 7.11 Å². The van der Waals surface area contributed by atoms with Crippen molar-refractivity contribution >= 4 is 11.8 Å². The number of unbranched alkanes of at least 4 members (excludes halogenated alkanes) is 5. The molecule has 0 fully saturated rings. The zero-order chi connectivity index (χ0) is 17.1. The van der Waals surface area contributed by atoms with Gasteiger partial charge < -0.3 is 4.74 Å². The Hall–Kier alpha value is -1.64. The van der Waals surface area contributed by atoms with Crippen molar-refractivity contribution in [2.24, 2.45) is 0 Å². The summed E-state index contributed by atoms with van der Waals surface area (Å²) < 4.78 is 4.82. The molecule has 0 saturated carbocycles. The van der Waals surface area contributed by atoms with Crippen LogP contribution < -0.4 is 0 Å². The molecular formula is C20H30O3. The fraction of sp³-hybridized carbons (Fsp3) is 0.600. The van der Waals surface area contributed by atoms with Crippen LogP contribution in [0.25, 0.3) is 0 Å². The van der Waals surface area contributed by atoms with Crippen LogP contribution in [0.15, 0.2) is 24.3 Å². The van der Waals surface area contributed by atoms with Gasteiger partial charge in [0.25, 0.3) is 0 Å². The number of hydrogen-bond acceptors (Lipinski definition) is 3. The summed E-state index contributed by atoms with van der Waals surface area (Å²) >= 11 is 0. The topological polar surface area (TPSA) is 43.4 Å². The molecule has 0 N–H and O–H groups in total. The van der Waals surface area contributed by atoms with E-state index >= 15 is 0 Å². The van der Waals surface area contributed by atoms with Crippen LogP contribution in [0, 0.1) is 0 Å². The molecular weight excluding hydrogens is 288 g/mol. The van der Waals surface area contributed by atoms with Crippen LogP contribution in [0.2, 0.25) is 0 Å². The molecule has 0 spiro atoms. The van der Waals surface area contributed by atoms with E-state index in [9.17, 15) is 9.59 Å². The van der Waals surface area contributed by atoms with Crippen LogP contribution in [0.4, 0.5) is 0 Å². The molecule has 0 aromatic heterocycles. The first kappa shape index (κ1) is 19.4. The Kier molecular flexibility index (Phi) is 9.27. The maximum absolute atomic E-state index is 11.9. The SMILES string of the molecule is CCCCCCCCc1ccc(C(CC(C)=O)C(=O)OC)cc1. The number of ether oxygens (including phenoxy) is 1. The average molecular weight is 318 g/mol. The molecule has 0 amide bonds. The molecule has 0 aliphatic rings. The van der Waals surface area contributed by atoms with E-state index in [-0.39, 0.29) is 18.2 Å². The Bertz CT molecular complexity index is 476. The predicted molar refractivity (Wildman–Crippen MR) is 93.6 cm³/mol. The minimum atomic E-state index is -0.486. The normalized spacial score (nSPS) is 12.0. The van der Waals surface area contributed by atoms with Crippen LogP contribution in [-0.4, -0.2) is 18.9 Å². The van der Waals surface area contributed by atoms with E-state index < -0.39 is 5.92 Å². The van der Waals surface area contributed by atoms with Gasteiger partial charge in [-0.2, -0.15) is 0 Å². The van der Waals surface area contributed by atoms with Gasteiger partial charge in [0.1, 0.15) is 5.78 Å². The third-order valence-electron chi connectivity index (χ3n) is 4.18. The lowest BCUT2D eigenvalue weighted by Crippen LogP contribution is -2.17. The van der Waals surface area contributed by atoms with Crippen LogP contribution >= 0.6 is 0 Å². The standard InChI is InChI=1S/C20H30O3/c1-4-5-6-7-8-9-10-17-11-13-18(14-12-17)19(15-16(2)21)20(22)23-3/h11-14,19H,4-10,15H2,1-3H3. The molecule has 3 nitrogen and oxygen atoms in total. The molecule has 0 aliphatic carbocycles. The maximum atomic E-state index is 11.9. The van der Waals surface area contributed by atoms with E-state index in [0.29, 0.717) is 0 Å². The van der Waals surface area contributed by atoms with Crippen molar-refractivity contribution in [1.82, 2.24) is 0 Å². The number of aryl methyl sites for hydroxylation is 1. The molecule has 0 bridgehead atoms. The minimum absolute atomic E-state index is 0.00319. The number of rotatable bonds is 11. The Morgan fingerprint density at radius 3 is 2.17 bits per heavy atom.